The molecule has 0 unspecified atom stereocenters. The molecule has 0 fully saturated rings. The second-order valence-corrected chi connectivity index (χ2v) is 4.84. The maximum absolute atomic E-state index is 5.39. The van der Waals surface area contributed by atoms with Gasteiger partial charge in [-0.3, -0.25) is 4.98 Å². The molecule has 3 aromatic rings. The predicted molar refractivity (Wildman–Crippen MR) is 88.2 cm³/mol. The molecule has 0 saturated heterocycles. The first-order valence-electron chi connectivity index (χ1n) is 7.06. The van der Waals surface area contributed by atoms with E-state index in [1.165, 1.54) is 0 Å². The van der Waals surface area contributed by atoms with Gasteiger partial charge in [0.05, 0.1) is 19.9 Å². The Morgan fingerprint density at radius 3 is 2.23 bits per heavy atom. The van der Waals surface area contributed by atoms with Gasteiger partial charge in [-0.1, -0.05) is 36.4 Å². The second kappa shape index (κ2) is 6.31. The summed E-state index contributed by atoms with van der Waals surface area (Å²) in [4.78, 5) is 4.56. The second-order valence-electron chi connectivity index (χ2n) is 4.84. The number of ether oxygens (including phenoxy) is 2. The Hall–Kier alpha value is -2.81. The molecule has 1 aromatic heterocycles. The molecule has 1 heterocycles. The van der Waals surface area contributed by atoms with E-state index in [2.05, 4.69) is 23.2 Å². The normalized spacial score (nSPS) is 10.3. The number of methoxy groups -OCH3 is 2. The number of benzene rings is 2. The van der Waals surface area contributed by atoms with Gasteiger partial charge >= 0.3 is 0 Å². The number of rotatable bonds is 4. The van der Waals surface area contributed by atoms with Crippen molar-refractivity contribution in [2.24, 2.45) is 0 Å². The van der Waals surface area contributed by atoms with Crippen LogP contribution in [-0.2, 0) is 0 Å². The molecule has 0 bridgehead atoms. The van der Waals surface area contributed by atoms with Crippen LogP contribution in [0.4, 0.5) is 0 Å². The molecular weight excluding hydrogens is 274 g/mol. The summed E-state index contributed by atoms with van der Waals surface area (Å²) in [6.07, 6.45) is 1.80. The molecule has 3 heteroatoms. The molecule has 0 radical (unpaired) electrons. The van der Waals surface area contributed by atoms with Gasteiger partial charge < -0.3 is 9.47 Å². The van der Waals surface area contributed by atoms with Crippen LogP contribution < -0.4 is 9.47 Å². The highest BCUT2D eigenvalue weighted by Gasteiger charge is 2.11. The molecule has 0 aliphatic rings. The highest BCUT2D eigenvalue weighted by atomic mass is 16.5. The van der Waals surface area contributed by atoms with E-state index in [9.17, 15) is 0 Å². The van der Waals surface area contributed by atoms with Gasteiger partial charge in [0.25, 0.3) is 0 Å². The number of nitrogens with zero attached hydrogens (tertiary/aromatic N) is 1. The topological polar surface area (TPSA) is 31.4 Å². The Bertz CT molecular complexity index is 769. The monoisotopic (exact) mass is 291 g/mol. The number of hydrogen-bond donors (Lipinski definition) is 0. The van der Waals surface area contributed by atoms with E-state index in [-0.39, 0.29) is 0 Å². The Balaban J connectivity index is 2.14. The predicted octanol–water partition coefficient (Wildman–Crippen LogP) is 4.43. The Labute approximate surface area is 130 Å². The fourth-order valence-electron chi connectivity index (χ4n) is 2.47. The third-order valence-corrected chi connectivity index (χ3v) is 3.55. The zero-order chi connectivity index (χ0) is 15.4. The average molecular weight is 291 g/mol. The molecule has 3 rings (SSSR count). The van der Waals surface area contributed by atoms with Crippen molar-refractivity contribution in [2.45, 2.75) is 0 Å². The lowest BCUT2D eigenvalue weighted by molar-refractivity contribution is 0.355. The van der Waals surface area contributed by atoms with Crippen LogP contribution in [0.2, 0.25) is 0 Å². The van der Waals surface area contributed by atoms with Crippen LogP contribution in [0.15, 0.2) is 66.9 Å². The third-order valence-electron chi connectivity index (χ3n) is 3.55. The molecule has 0 saturated carbocycles. The fourth-order valence-corrected chi connectivity index (χ4v) is 2.47. The van der Waals surface area contributed by atoms with Gasteiger partial charge in [0.15, 0.2) is 11.5 Å². The lowest BCUT2D eigenvalue weighted by Crippen LogP contribution is -1.93. The lowest BCUT2D eigenvalue weighted by Gasteiger charge is -2.12. The molecule has 0 N–H and O–H groups in total. The van der Waals surface area contributed by atoms with Crippen LogP contribution in [0, 0.1) is 0 Å². The fraction of sp³-hybridized carbons (Fsp3) is 0.105. The van der Waals surface area contributed by atoms with Crippen molar-refractivity contribution in [1.82, 2.24) is 4.98 Å². The number of aromatic nitrogens is 1. The molecule has 110 valence electrons. The lowest BCUT2D eigenvalue weighted by atomic mass is 9.99. The minimum absolute atomic E-state index is 0.699. The van der Waals surface area contributed by atoms with Crippen molar-refractivity contribution in [3.63, 3.8) is 0 Å². The van der Waals surface area contributed by atoms with Gasteiger partial charge in [0.1, 0.15) is 0 Å². The molecule has 0 spiro atoms. The molecule has 22 heavy (non-hydrogen) atoms. The summed E-state index contributed by atoms with van der Waals surface area (Å²) >= 11 is 0. The average Bonchev–Trinajstić information content (AvgIpc) is 2.62. The van der Waals surface area contributed by atoms with E-state index in [4.69, 9.17) is 9.47 Å². The van der Waals surface area contributed by atoms with Gasteiger partial charge in [0.2, 0.25) is 0 Å². The Kier molecular flexibility index (Phi) is 4.05. The van der Waals surface area contributed by atoms with E-state index in [0.717, 1.165) is 22.4 Å². The molecule has 2 aromatic carbocycles. The third kappa shape index (κ3) is 2.66. The van der Waals surface area contributed by atoms with Crippen LogP contribution in [0.1, 0.15) is 0 Å². The summed E-state index contributed by atoms with van der Waals surface area (Å²) in [6.45, 7) is 0. The van der Waals surface area contributed by atoms with Crippen LogP contribution in [0.25, 0.3) is 22.4 Å². The van der Waals surface area contributed by atoms with Crippen LogP contribution in [-0.4, -0.2) is 19.2 Å². The van der Waals surface area contributed by atoms with Crippen molar-refractivity contribution >= 4 is 0 Å². The van der Waals surface area contributed by atoms with Crippen molar-refractivity contribution in [1.29, 1.82) is 0 Å². The van der Waals surface area contributed by atoms with Gasteiger partial charge in [-0.05, 0) is 29.8 Å². The van der Waals surface area contributed by atoms with E-state index < -0.39 is 0 Å². The Morgan fingerprint density at radius 1 is 0.727 bits per heavy atom. The quantitative estimate of drug-likeness (QED) is 0.712. The first kappa shape index (κ1) is 14.1. The van der Waals surface area contributed by atoms with E-state index in [1.807, 2.05) is 42.5 Å². The largest absolute Gasteiger partial charge is 0.493 e. The van der Waals surface area contributed by atoms with Crippen molar-refractivity contribution in [3.05, 3.63) is 66.9 Å². The van der Waals surface area contributed by atoms with Crippen molar-refractivity contribution < 1.29 is 9.47 Å². The smallest absolute Gasteiger partial charge is 0.161 e. The van der Waals surface area contributed by atoms with E-state index in [0.29, 0.717) is 11.5 Å². The summed E-state index contributed by atoms with van der Waals surface area (Å²) in [6, 6.07) is 20.1. The zero-order valence-corrected chi connectivity index (χ0v) is 12.6. The summed E-state index contributed by atoms with van der Waals surface area (Å²) in [7, 11) is 3.27. The van der Waals surface area contributed by atoms with Crippen LogP contribution >= 0.6 is 0 Å². The van der Waals surface area contributed by atoms with Gasteiger partial charge in [-0.15, -0.1) is 0 Å². The van der Waals surface area contributed by atoms with Crippen molar-refractivity contribution in [3.8, 4) is 33.9 Å². The number of hydrogen-bond acceptors (Lipinski definition) is 3. The molecule has 0 aliphatic carbocycles. The minimum Gasteiger partial charge on any atom is -0.493 e. The summed E-state index contributed by atoms with van der Waals surface area (Å²) in [5, 5.41) is 0. The molecule has 3 nitrogen and oxygen atoms in total. The molecule has 0 atom stereocenters. The van der Waals surface area contributed by atoms with Crippen molar-refractivity contribution in [2.75, 3.05) is 14.2 Å². The van der Waals surface area contributed by atoms with Crippen LogP contribution in [0.5, 0.6) is 11.5 Å². The molecule has 0 amide bonds. The summed E-state index contributed by atoms with van der Waals surface area (Å²) in [5.74, 6) is 1.41. The Morgan fingerprint density at radius 2 is 1.50 bits per heavy atom. The maximum atomic E-state index is 5.39. The first-order chi connectivity index (χ1) is 10.8. The van der Waals surface area contributed by atoms with Gasteiger partial charge in [-0.25, -0.2) is 0 Å². The SMILES string of the molecule is COc1ccc(-c2ncccc2-c2ccccc2)cc1OC. The standard InChI is InChI=1S/C19H17NO2/c1-21-17-11-10-15(13-18(17)22-2)19-16(9-6-12-20-19)14-7-4-3-5-8-14/h3-13H,1-2H3. The van der Waals surface area contributed by atoms with Crippen LogP contribution in [0.3, 0.4) is 0 Å². The summed E-state index contributed by atoms with van der Waals surface area (Å²) in [5.41, 5.74) is 4.16. The van der Waals surface area contributed by atoms with E-state index >= 15 is 0 Å². The van der Waals surface area contributed by atoms with Gasteiger partial charge in [0, 0.05) is 17.3 Å². The zero-order valence-electron chi connectivity index (χ0n) is 12.6. The first-order valence-corrected chi connectivity index (χ1v) is 7.06. The highest BCUT2D eigenvalue weighted by molar-refractivity contribution is 5.81. The molecule has 0 aliphatic heterocycles. The van der Waals surface area contributed by atoms with E-state index in [1.54, 1.807) is 20.4 Å². The summed E-state index contributed by atoms with van der Waals surface area (Å²) < 4.78 is 10.7. The number of pyridine rings is 1. The molecular formula is C19H17NO2. The van der Waals surface area contributed by atoms with Gasteiger partial charge in [-0.2, -0.15) is 0 Å². The highest BCUT2D eigenvalue weighted by Crippen LogP contribution is 2.35. The maximum Gasteiger partial charge on any atom is 0.161 e. The minimum atomic E-state index is 0.699.